The largest absolute Gasteiger partial charge is 0.355 e. The maximum absolute atomic E-state index is 13.8. The van der Waals surface area contributed by atoms with Crippen LogP contribution in [0, 0.1) is 0 Å². The highest BCUT2D eigenvalue weighted by molar-refractivity contribution is 8.02. The molecule has 1 heterocycles. The van der Waals surface area contributed by atoms with Gasteiger partial charge in [0.2, 0.25) is 21.8 Å². The van der Waals surface area contributed by atoms with Crippen LogP contribution in [0.1, 0.15) is 79.3 Å². The quantitative estimate of drug-likeness (QED) is 0.168. The van der Waals surface area contributed by atoms with Gasteiger partial charge in [-0.05, 0) is 69.2 Å². The number of carbonyl (C=O) groups excluding carboxylic acids is 4. The number of hydrogen-bond acceptors (Lipinski definition) is 8. The van der Waals surface area contributed by atoms with Crippen molar-refractivity contribution in [1.82, 2.24) is 26.6 Å². The SMILES string of the molecule is CCNC(=O)[C@H](CC)NC(=O)[C@H](C)NC[C@H](CC1=CSCC1)NC(=O)c1cc(C(=O)N[C@H](C)c2ccccc2)cc(N(C)S(C)(=O)=O)c1. The molecule has 2 aromatic rings. The molecule has 262 valence electrons. The fourth-order valence-electron chi connectivity index (χ4n) is 5.05. The van der Waals surface area contributed by atoms with Crippen LogP contribution in [0.15, 0.2) is 59.5 Å². The Balaban J connectivity index is 1.82. The van der Waals surface area contributed by atoms with E-state index in [1.807, 2.05) is 51.1 Å². The highest BCUT2D eigenvalue weighted by Crippen LogP contribution is 2.26. The highest BCUT2D eigenvalue weighted by atomic mass is 32.2. The van der Waals surface area contributed by atoms with Crippen molar-refractivity contribution in [2.45, 2.75) is 71.1 Å². The van der Waals surface area contributed by atoms with Crippen molar-refractivity contribution in [3.8, 4) is 0 Å². The highest BCUT2D eigenvalue weighted by Gasteiger charge is 2.25. The van der Waals surface area contributed by atoms with E-state index in [0.717, 1.165) is 33.9 Å². The molecule has 4 amide bonds. The third kappa shape index (κ3) is 11.4. The lowest BCUT2D eigenvalue weighted by Crippen LogP contribution is -2.53. The zero-order chi connectivity index (χ0) is 35.4. The van der Waals surface area contributed by atoms with E-state index in [0.29, 0.717) is 19.4 Å². The third-order valence-corrected chi connectivity index (χ3v) is 10.2. The lowest BCUT2D eigenvalue weighted by atomic mass is 10.0. The Morgan fingerprint density at radius 1 is 0.917 bits per heavy atom. The van der Waals surface area contributed by atoms with E-state index in [9.17, 15) is 27.6 Å². The van der Waals surface area contributed by atoms with E-state index in [1.165, 1.54) is 25.2 Å². The van der Waals surface area contributed by atoms with Crippen molar-refractivity contribution < 1.29 is 27.6 Å². The molecule has 12 nitrogen and oxygen atoms in total. The Labute approximate surface area is 288 Å². The van der Waals surface area contributed by atoms with Gasteiger partial charge in [0.15, 0.2) is 0 Å². The molecule has 0 radical (unpaired) electrons. The molecule has 1 aliphatic heterocycles. The number of sulfonamides is 1. The van der Waals surface area contributed by atoms with Crippen LogP contribution in [-0.2, 0) is 19.6 Å². The Hall–Kier alpha value is -3.88. The van der Waals surface area contributed by atoms with E-state index in [-0.39, 0.29) is 41.2 Å². The predicted octanol–water partition coefficient (Wildman–Crippen LogP) is 3.09. The number of nitrogens with one attached hydrogen (secondary N) is 5. The van der Waals surface area contributed by atoms with Gasteiger partial charge in [-0.3, -0.25) is 23.5 Å². The van der Waals surface area contributed by atoms with E-state index in [1.54, 1.807) is 18.7 Å². The van der Waals surface area contributed by atoms with Gasteiger partial charge in [0.05, 0.1) is 24.0 Å². The Morgan fingerprint density at radius 2 is 1.56 bits per heavy atom. The molecule has 0 aromatic heterocycles. The molecule has 2 aromatic carbocycles. The lowest BCUT2D eigenvalue weighted by Gasteiger charge is -2.24. The fourth-order valence-corrected chi connectivity index (χ4v) is 6.48. The first kappa shape index (κ1) is 38.6. The van der Waals surface area contributed by atoms with Gasteiger partial charge >= 0.3 is 0 Å². The van der Waals surface area contributed by atoms with Gasteiger partial charge in [-0.15, -0.1) is 11.8 Å². The van der Waals surface area contributed by atoms with Crippen LogP contribution >= 0.6 is 11.8 Å². The van der Waals surface area contributed by atoms with Crippen LogP contribution in [0.25, 0.3) is 0 Å². The van der Waals surface area contributed by atoms with Crippen LogP contribution in [-0.4, -0.2) is 82.3 Å². The average Bonchev–Trinajstić information content (AvgIpc) is 3.58. The molecular formula is C34H48N6O6S2. The van der Waals surface area contributed by atoms with Crippen molar-refractivity contribution in [3.63, 3.8) is 0 Å². The van der Waals surface area contributed by atoms with Crippen LogP contribution in [0.4, 0.5) is 5.69 Å². The van der Waals surface area contributed by atoms with Crippen molar-refractivity contribution in [3.05, 3.63) is 76.2 Å². The second-order valence-electron chi connectivity index (χ2n) is 11.9. The summed E-state index contributed by atoms with van der Waals surface area (Å²) >= 11 is 1.70. The van der Waals surface area contributed by atoms with Gasteiger partial charge in [-0.2, -0.15) is 0 Å². The summed E-state index contributed by atoms with van der Waals surface area (Å²) in [4.78, 5) is 52.4. The number of hydrogen-bond donors (Lipinski definition) is 5. The van der Waals surface area contributed by atoms with Crippen LogP contribution in [0.3, 0.4) is 0 Å². The number of nitrogens with zero attached hydrogens (tertiary/aromatic N) is 1. The van der Waals surface area contributed by atoms with E-state index >= 15 is 0 Å². The minimum Gasteiger partial charge on any atom is -0.355 e. The molecule has 0 spiro atoms. The van der Waals surface area contributed by atoms with Gasteiger partial charge in [-0.25, -0.2) is 8.42 Å². The molecule has 48 heavy (non-hydrogen) atoms. The third-order valence-electron chi connectivity index (χ3n) is 8.04. The van der Waals surface area contributed by atoms with Gasteiger partial charge in [0, 0.05) is 43.1 Å². The van der Waals surface area contributed by atoms with Gasteiger partial charge in [0.25, 0.3) is 11.8 Å². The molecule has 0 fully saturated rings. The molecule has 3 rings (SSSR count). The van der Waals surface area contributed by atoms with Crippen LogP contribution in [0.2, 0.25) is 0 Å². The lowest BCUT2D eigenvalue weighted by molar-refractivity contribution is -0.129. The number of amides is 4. The summed E-state index contributed by atoms with van der Waals surface area (Å²) < 4.78 is 25.9. The fraction of sp³-hybridized carbons (Fsp3) is 0.471. The summed E-state index contributed by atoms with van der Waals surface area (Å²) in [5, 5.41) is 16.7. The maximum Gasteiger partial charge on any atom is 0.251 e. The van der Waals surface area contributed by atoms with Crippen LogP contribution in [0.5, 0.6) is 0 Å². The molecule has 4 atom stereocenters. The minimum atomic E-state index is -3.70. The van der Waals surface area contributed by atoms with Crippen molar-refractivity contribution in [2.24, 2.45) is 0 Å². The predicted molar refractivity (Wildman–Crippen MR) is 191 cm³/mol. The zero-order valence-electron chi connectivity index (χ0n) is 28.5. The summed E-state index contributed by atoms with van der Waals surface area (Å²) in [6.45, 7) is 7.86. The molecule has 0 bridgehead atoms. The van der Waals surface area contributed by atoms with E-state index in [4.69, 9.17) is 0 Å². The van der Waals surface area contributed by atoms with Crippen LogP contribution < -0.4 is 30.9 Å². The molecule has 1 aliphatic rings. The Morgan fingerprint density at radius 3 is 2.12 bits per heavy atom. The second kappa shape index (κ2) is 18.0. The number of rotatable bonds is 17. The smallest absolute Gasteiger partial charge is 0.251 e. The van der Waals surface area contributed by atoms with Gasteiger partial charge in [-0.1, -0.05) is 42.8 Å². The van der Waals surface area contributed by atoms with Crippen molar-refractivity contribution in [2.75, 3.05) is 36.5 Å². The number of benzene rings is 2. The number of anilines is 1. The zero-order valence-corrected chi connectivity index (χ0v) is 30.1. The first-order valence-corrected chi connectivity index (χ1v) is 19.0. The van der Waals surface area contributed by atoms with Crippen molar-refractivity contribution >= 4 is 51.1 Å². The summed E-state index contributed by atoms with van der Waals surface area (Å²) in [6.07, 6.45) is 2.88. The average molecular weight is 701 g/mol. The summed E-state index contributed by atoms with van der Waals surface area (Å²) in [6, 6.07) is 11.6. The summed E-state index contributed by atoms with van der Waals surface area (Å²) in [5.41, 5.74) is 2.45. The summed E-state index contributed by atoms with van der Waals surface area (Å²) in [7, 11) is -2.34. The van der Waals surface area contributed by atoms with E-state index in [2.05, 4.69) is 32.0 Å². The van der Waals surface area contributed by atoms with Gasteiger partial charge < -0.3 is 26.6 Å². The first-order valence-electron chi connectivity index (χ1n) is 16.1. The second-order valence-corrected chi connectivity index (χ2v) is 14.9. The van der Waals surface area contributed by atoms with Gasteiger partial charge in [0.1, 0.15) is 6.04 Å². The Bertz CT molecular complexity index is 1580. The molecule has 0 saturated heterocycles. The standard InChI is InChI=1S/C34H48N6O6S2/c1-7-30(34(44)35-8-2)39-31(41)23(4)36-20-28(16-24-14-15-47-21-24)38-33(43)27-17-26(18-29(19-27)40(5)48(6,45)46)32(42)37-22(3)25-12-10-9-11-13-25/h9-13,17-19,21-23,28,30,36H,7-8,14-16,20H2,1-6H3,(H,35,44)(H,37,42)(H,38,43)(H,39,41)/t22-,23+,28+,30+/m1/s1. The Kier molecular flexibility index (Phi) is 14.5. The normalized spacial score (nSPS) is 15.3. The number of thioether (sulfide) groups is 1. The molecular weight excluding hydrogens is 653 g/mol. The molecule has 0 aliphatic carbocycles. The van der Waals surface area contributed by atoms with Crippen molar-refractivity contribution in [1.29, 1.82) is 0 Å². The summed E-state index contributed by atoms with van der Waals surface area (Å²) in [5.74, 6) is -0.608. The number of carbonyl (C=O) groups is 4. The van der Waals surface area contributed by atoms with E-state index < -0.39 is 40.0 Å². The first-order chi connectivity index (χ1) is 22.7. The monoisotopic (exact) mass is 700 g/mol. The molecule has 0 saturated carbocycles. The molecule has 0 unspecified atom stereocenters. The topological polar surface area (TPSA) is 166 Å². The minimum absolute atomic E-state index is 0.110. The molecule has 14 heteroatoms. The molecule has 5 N–H and O–H groups in total. The number of likely N-dealkylation sites (N-methyl/N-ethyl adjacent to an activating group) is 1. The maximum atomic E-state index is 13.8.